The van der Waals surface area contributed by atoms with Gasteiger partial charge in [0.25, 0.3) is 0 Å². The molecule has 2 aliphatic rings. The quantitative estimate of drug-likeness (QED) is 0.793. The summed E-state index contributed by atoms with van der Waals surface area (Å²) in [6.07, 6.45) is 0.718. The zero-order valence-electron chi connectivity index (χ0n) is 8.86. The minimum atomic E-state index is 0.718. The second kappa shape index (κ2) is 3.52. The molecule has 0 bridgehead atoms. The molecule has 82 valence electrons. The van der Waals surface area contributed by atoms with E-state index in [0.717, 1.165) is 41.6 Å². The van der Waals surface area contributed by atoms with Crippen molar-refractivity contribution in [1.82, 2.24) is 0 Å². The van der Waals surface area contributed by atoms with Crippen LogP contribution in [0.4, 0.5) is 11.4 Å². The normalized spacial score (nSPS) is 16.8. The summed E-state index contributed by atoms with van der Waals surface area (Å²) < 4.78 is 0. The van der Waals surface area contributed by atoms with E-state index in [-0.39, 0.29) is 0 Å². The lowest BCUT2D eigenvalue weighted by Gasteiger charge is -2.14. The number of thioether (sulfide) groups is 1. The number of amides is 1. The zero-order valence-corrected chi connectivity index (χ0v) is 9.67. The number of carbonyl (C=O) groups excluding carboxylic acids is 1. The molecule has 0 aromatic heterocycles. The van der Waals surface area contributed by atoms with Crippen molar-refractivity contribution in [1.29, 1.82) is 0 Å². The summed E-state index contributed by atoms with van der Waals surface area (Å²) in [4.78, 5) is 18.4. The maximum absolute atomic E-state index is 10.5. The van der Waals surface area contributed by atoms with E-state index in [1.165, 1.54) is 4.90 Å². The van der Waals surface area contributed by atoms with E-state index in [4.69, 9.17) is 0 Å². The van der Waals surface area contributed by atoms with E-state index in [2.05, 4.69) is 21.3 Å². The van der Waals surface area contributed by atoms with Gasteiger partial charge >= 0.3 is 0 Å². The Morgan fingerprint density at radius 1 is 1.56 bits per heavy atom. The number of rotatable bonds is 2. The van der Waals surface area contributed by atoms with Crippen LogP contribution in [-0.4, -0.2) is 24.7 Å². The van der Waals surface area contributed by atoms with Gasteiger partial charge in [-0.1, -0.05) is 0 Å². The summed E-state index contributed by atoms with van der Waals surface area (Å²) >= 11 is 1.71. The first-order chi connectivity index (χ1) is 7.79. The molecular formula is C11H11N3OS. The van der Waals surface area contributed by atoms with Crippen LogP contribution < -0.4 is 10.2 Å². The van der Waals surface area contributed by atoms with Gasteiger partial charge in [0, 0.05) is 17.1 Å². The Morgan fingerprint density at radius 2 is 2.44 bits per heavy atom. The van der Waals surface area contributed by atoms with Gasteiger partial charge in [0.1, 0.15) is 0 Å². The second-order valence-corrected chi connectivity index (χ2v) is 4.82. The number of anilines is 2. The molecule has 0 saturated heterocycles. The van der Waals surface area contributed by atoms with Crippen molar-refractivity contribution in [2.24, 2.45) is 4.99 Å². The molecule has 2 aliphatic heterocycles. The highest BCUT2D eigenvalue weighted by Crippen LogP contribution is 2.44. The molecule has 0 spiro atoms. The van der Waals surface area contributed by atoms with Gasteiger partial charge in [-0.2, -0.15) is 0 Å². The smallest absolute Gasteiger partial charge is 0.211 e. The Labute approximate surface area is 97.7 Å². The number of benzene rings is 1. The monoisotopic (exact) mass is 233 g/mol. The van der Waals surface area contributed by atoms with E-state index in [1.54, 1.807) is 11.8 Å². The van der Waals surface area contributed by atoms with E-state index in [9.17, 15) is 4.79 Å². The number of hydrogen-bond acceptors (Lipinski definition) is 4. The predicted octanol–water partition coefficient (Wildman–Crippen LogP) is 1.85. The Hall–Kier alpha value is -1.49. The molecule has 2 heterocycles. The number of nitrogens with one attached hydrogen (secondary N) is 1. The molecule has 1 N–H and O–H groups in total. The molecule has 0 atom stereocenters. The van der Waals surface area contributed by atoms with Gasteiger partial charge in [0.05, 0.1) is 12.2 Å². The lowest BCUT2D eigenvalue weighted by Crippen LogP contribution is -2.20. The molecule has 1 aromatic rings. The van der Waals surface area contributed by atoms with Gasteiger partial charge in [0.2, 0.25) is 6.41 Å². The first-order valence-electron chi connectivity index (χ1n) is 5.14. The summed E-state index contributed by atoms with van der Waals surface area (Å²) in [5.41, 5.74) is 3.12. The molecule has 0 fully saturated rings. The lowest BCUT2D eigenvalue weighted by atomic mass is 10.1. The van der Waals surface area contributed by atoms with E-state index in [0.29, 0.717) is 0 Å². The average molecular weight is 233 g/mol. The average Bonchev–Trinajstić information content (AvgIpc) is 2.80. The molecule has 16 heavy (non-hydrogen) atoms. The molecule has 5 heteroatoms. The summed E-state index contributed by atoms with van der Waals surface area (Å²) in [6.45, 7) is 3.81. The third-order valence-electron chi connectivity index (χ3n) is 2.81. The molecule has 1 amide bonds. The van der Waals surface area contributed by atoms with Gasteiger partial charge in [-0.05, 0) is 36.4 Å². The van der Waals surface area contributed by atoms with Gasteiger partial charge < -0.3 is 10.2 Å². The van der Waals surface area contributed by atoms with Crippen LogP contribution in [0.5, 0.6) is 0 Å². The first kappa shape index (κ1) is 9.72. The molecule has 4 nitrogen and oxygen atoms in total. The number of hydrogen-bond donors (Lipinski definition) is 1. The summed E-state index contributed by atoms with van der Waals surface area (Å²) in [5, 5.41) is 3.81. The number of aliphatic imine (C=N–C) groups is 1. The van der Waals surface area contributed by atoms with Crippen LogP contribution in [0, 0.1) is 6.92 Å². The zero-order chi connectivity index (χ0) is 11.1. The fourth-order valence-corrected chi connectivity index (χ4v) is 3.18. The highest BCUT2D eigenvalue weighted by atomic mass is 32.2. The summed E-state index contributed by atoms with van der Waals surface area (Å²) in [7, 11) is 0. The summed E-state index contributed by atoms with van der Waals surface area (Å²) in [5.74, 6) is 0. The first-order valence-corrected chi connectivity index (χ1v) is 5.96. The van der Waals surface area contributed by atoms with Crippen molar-refractivity contribution in [3.8, 4) is 0 Å². The highest BCUT2D eigenvalue weighted by molar-refractivity contribution is 8.14. The topological polar surface area (TPSA) is 44.7 Å². The fourth-order valence-electron chi connectivity index (χ4n) is 2.02. The second-order valence-electron chi connectivity index (χ2n) is 3.82. The molecule has 0 saturated carbocycles. The van der Waals surface area contributed by atoms with Gasteiger partial charge in [-0.25, -0.2) is 0 Å². The third kappa shape index (κ3) is 1.31. The minimum Gasteiger partial charge on any atom is -0.328 e. The Bertz CT molecular complexity index is 498. The Kier molecular flexibility index (Phi) is 2.14. The van der Waals surface area contributed by atoms with Crippen molar-refractivity contribution in [3.05, 3.63) is 17.7 Å². The van der Waals surface area contributed by atoms with E-state index < -0.39 is 0 Å². The molecule has 3 rings (SSSR count). The minimum absolute atomic E-state index is 0.718. The SMILES string of the molecule is Cc1cc2c(cc1NC=O)N1CCN=C1S2. The van der Waals surface area contributed by atoms with Crippen LogP contribution in [0.15, 0.2) is 22.0 Å². The van der Waals surface area contributed by atoms with Crippen LogP contribution in [0.2, 0.25) is 0 Å². The Morgan fingerprint density at radius 3 is 3.25 bits per heavy atom. The fraction of sp³-hybridized carbons (Fsp3) is 0.273. The largest absolute Gasteiger partial charge is 0.328 e. The van der Waals surface area contributed by atoms with Gasteiger partial charge in [-0.15, -0.1) is 0 Å². The van der Waals surface area contributed by atoms with Crippen molar-refractivity contribution >= 4 is 34.7 Å². The maximum Gasteiger partial charge on any atom is 0.211 e. The van der Waals surface area contributed by atoms with Crippen LogP contribution >= 0.6 is 11.8 Å². The van der Waals surface area contributed by atoms with Gasteiger partial charge in [-0.3, -0.25) is 9.79 Å². The van der Waals surface area contributed by atoms with Crippen LogP contribution in [-0.2, 0) is 4.79 Å². The predicted molar refractivity (Wildman–Crippen MR) is 66.4 cm³/mol. The Balaban J connectivity index is 2.08. The number of carbonyl (C=O) groups is 1. The lowest BCUT2D eigenvalue weighted by molar-refractivity contribution is -0.105. The summed E-state index contributed by atoms with van der Waals surface area (Å²) in [6, 6.07) is 4.13. The van der Waals surface area contributed by atoms with Crippen molar-refractivity contribution in [3.63, 3.8) is 0 Å². The highest BCUT2D eigenvalue weighted by Gasteiger charge is 2.30. The van der Waals surface area contributed by atoms with E-state index in [1.807, 2.05) is 13.0 Å². The molecule has 0 unspecified atom stereocenters. The van der Waals surface area contributed by atoms with Crippen molar-refractivity contribution < 1.29 is 4.79 Å². The van der Waals surface area contributed by atoms with Crippen LogP contribution in [0.3, 0.4) is 0 Å². The van der Waals surface area contributed by atoms with Crippen LogP contribution in [0.25, 0.3) is 0 Å². The van der Waals surface area contributed by atoms with Crippen molar-refractivity contribution in [2.75, 3.05) is 23.3 Å². The van der Waals surface area contributed by atoms with E-state index >= 15 is 0 Å². The standard InChI is InChI=1S/C11H11N3OS/c1-7-4-10-9(5-8(7)13-6-15)14-3-2-12-11(14)16-10/h4-6H,2-3H2,1H3,(H,13,15). The molecule has 0 aliphatic carbocycles. The van der Waals surface area contributed by atoms with Gasteiger partial charge in [0.15, 0.2) is 5.17 Å². The molecule has 1 aromatic carbocycles. The van der Waals surface area contributed by atoms with Crippen LogP contribution in [0.1, 0.15) is 5.56 Å². The van der Waals surface area contributed by atoms with Crippen molar-refractivity contribution in [2.45, 2.75) is 11.8 Å². The molecular weight excluding hydrogens is 222 g/mol. The number of fused-ring (bicyclic) bond motifs is 3. The number of nitrogens with zero attached hydrogens (tertiary/aromatic N) is 2. The number of aryl methyl sites for hydroxylation is 1. The molecule has 0 radical (unpaired) electrons. The maximum atomic E-state index is 10.5. The third-order valence-corrected chi connectivity index (χ3v) is 3.89. The number of amidine groups is 1.